The number of nitrogens with zero attached hydrogens (tertiary/aromatic N) is 2. The molecule has 0 spiro atoms. The highest BCUT2D eigenvalue weighted by Gasteiger charge is 2.14. The number of aromatic nitrogens is 2. The van der Waals surface area contributed by atoms with E-state index in [-0.39, 0.29) is 0 Å². The maximum Gasteiger partial charge on any atom is 0.149 e. The smallest absolute Gasteiger partial charge is 0.149 e. The number of benzene rings is 1. The van der Waals surface area contributed by atoms with Gasteiger partial charge in [0.2, 0.25) is 0 Å². The summed E-state index contributed by atoms with van der Waals surface area (Å²) >= 11 is 6.04. The molecule has 0 radical (unpaired) electrons. The monoisotopic (exact) mass is 268 g/mol. The molecule has 1 heterocycles. The summed E-state index contributed by atoms with van der Waals surface area (Å²) in [6, 6.07) is 4.57. The van der Waals surface area contributed by atoms with Crippen molar-refractivity contribution in [2.75, 3.05) is 0 Å². The van der Waals surface area contributed by atoms with Gasteiger partial charge in [-0.15, -0.1) is 0 Å². The second-order valence-electron chi connectivity index (χ2n) is 4.28. The van der Waals surface area contributed by atoms with Crippen LogP contribution in [0.1, 0.15) is 30.0 Å². The minimum atomic E-state index is -0.697. The van der Waals surface area contributed by atoms with Crippen molar-refractivity contribution >= 4 is 11.6 Å². The van der Waals surface area contributed by atoms with Gasteiger partial charge < -0.3 is 5.11 Å². The van der Waals surface area contributed by atoms with Crippen LogP contribution >= 0.6 is 11.6 Å². The molecule has 18 heavy (non-hydrogen) atoms. The average Bonchev–Trinajstić information content (AvgIpc) is 2.57. The van der Waals surface area contributed by atoms with Crippen molar-refractivity contribution in [1.82, 2.24) is 9.78 Å². The number of hydrogen-bond acceptors (Lipinski definition) is 2. The molecule has 0 aliphatic carbocycles. The van der Waals surface area contributed by atoms with Crippen LogP contribution in [0, 0.1) is 19.7 Å². The van der Waals surface area contributed by atoms with Gasteiger partial charge in [-0.2, -0.15) is 5.10 Å². The van der Waals surface area contributed by atoms with Crippen molar-refractivity contribution < 1.29 is 9.50 Å². The van der Waals surface area contributed by atoms with Crippen molar-refractivity contribution in [1.29, 1.82) is 0 Å². The van der Waals surface area contributed by atoms with Gasteiger partial charge in [0.1, 0.15) is 11.5 Å². The van der Waals surface area contributed by atoms with E-state index in [0.717, 1.165) is 0 Å². The lowest BCUT2D eigenvalue weighted by Crippen LogP contribution is -2.03. The second kappa shape index (κ2) is 4.71. The average molecular weight is 269 g/mol. The first-order valence-electron chi connectivity index (χ1n) is 5.61. The molecule has 96 valence electrons. The van der Waals surface area contributed by atoms with Gasteiger partial charge in [-0.25, -0.2) is 9.07 Å². The van der Waals surface area contributed by atoms with Crippen LogP contribution in [0.15, 0.2) is 18.2 Å². The predicted octanol–water partition coefficient (Wildman–Crippen LogP) is 3.33. The van der Waals surface area contributed by atoms with E-state index in [1.54, 1.807) is 32.9 Å². The summed E-state index contributed by atoms with van der Waals surface area (Å²) in [5, 5.41) is 14.1. The first-order chi connectivity index (χ1) is 8.41. The van der Waals surface area contributed by atoms with Crippen LogP contribution in [0.3, 0.4) is 0 Å². The number of rotatable bonds is 2. The van der Waals surface area contributed by atoms with Crippen molar-refractivity contribution in [2.45, 2.75) is 26.9 Å². The summed E-state index contributed by atoms with van der Waals surface area (Å²) in [6.45, 7) is 5.15. The summed E-state index contributed by atoms with van der Waals surface area (Å²) in [4.78, 5) is 0. The van der Waals surface area contributed by atoms with E-state index in [9.17, 15) is 9.50 Å². The fourth-order valence-corrected chi connectivity index (χ4v) is 1.93. The van der Waals surface area contributed by atoms with E-state index < -0.39 is 11.9 Å². The predicted molar refractivity (Wildman–Crippen MR) is 68.6 cm³/mol. The van der Waals surface area contributed by atoms with Crippen molar-refractivity contribution in [3.63, 3.8) is 0 Å². The number of aliphatic hydroxyl groups is 1. The Labute approximate surface area is 110 Å². The van der Waals surface area contributed by atoms with Gasteiger partial charge in [-0.3, -0.25) is 0 Å². The summed E-state index contributed by atoms with van der Waals surface area (Å²) in [5.41, 5.74) is 2.21. The van der Waals surface area contributed by atoms with Crippen LogP contribution in [0.4, 0.5) is 4.39 Å². The summed E-state index contributed by atoms with van der Waals surface area (Å²) in [5.74, 6) is -0.435. The molecule has 0 amide bonds. The standard InChI is InChI=1S/C13H14ClFN2O/c1-7-13(14)8(2)17(16-7)12-5-4-10(9(3)18)6-11(12)15/h4-6,9,18H,1-3H3. The molecule has 0 bridgehead atoms. The Morgan fingerprint density at radius 2 is 2.06 bits per heavy atom. The molecule has 2 rings (SSSR count). The molecule has 2 aromatic rings. The lowest BCUT2D eigenvalue weighted by molar-refractivity contribution is 0.199. The molecule has 1 atom stereocenters. The molecular formula is C13H14ClFN2O. The van der Waals surface area contributed by atoms with Gasteiger partial charge in [-0.05, 0) is 38.5 Å². The highest BCUT2D eigenvalue weighted by atomic mass is 35.5. The summed E-state index contributed by atoms with van der Waals surface area (Å²) in [6.07, 6.45) is -0.697. The topological polar surface area (TPSA) is 38.0 Å². The second-order valence-corrected chi connectivity index (χ2v) is 4.66. The zero-order valence-corrected chi connectivity index (χ0v) is 11.2. The Kier molecular flexibility index (Phi) is 3.41. The molecule has 1 unspecified atom stereocenters. The molecule has 3 nitrogen and oxygen atoms in total. The van der Waals surface area contributed by atoms with E-state index in [2.05, 4.69) is 5.10 Å². The SMILES string of the molecule is Cc1nn(-c2ccc(C(C)O)cc2F)c(C)c1Cl. The highest BCUT2D eigenvalue weighted by molar-refractivity contribution is 6.31. The van der Waals surface area contributed by atoms with Crippen molar-refractivity contribution in [3.05, 3.63) is 46.0 Å². The van der Waals surface area contributed by atoms with Crippen molar-refractivity contribution in [3.8, 4) is 5.69 Å². The molecule has 0 aliphatic rings. The third-order valence-electron chi connectivity index (χ3n) is 2.89. The minimum Gasteiger partial charge on any atom is -0.389 e. The van der Waals surface area contributed by atoms with E-state index >= 15 is 0 Å². The number of halogens is 2. The zero-order chi connectivity index (χ0) is 13.4. The molecule has 0 aliphatic heterocycles. The number of aryl methyl sites for hydroxylation is 1. The first-order valence-corrected chi connectivity index (χ1v) is 5.99. The lowest BCUT2D eigenvalue weighted by atomic mass is 10.1. The molecule has 5 heteroatoms. The Morgan fingerprint density at radius 3 is 2.50 bits per heavy atom. The molecule has 1 aromatic heterocycles. The Morgan fingerprint density at radius 1 is 1.39 bits per heavy atom. The summed E-state index contributed by atoms with van der Waals surface area (Å²) < 4.78 is 15.5. The van der Waals surface area contributed by atoms with Crippen LogP contribution in [-0.2, 0) is 0 Å². The van der Waals surface area contributed by atoms with Crippen LogP contribution in [0.2, 0.25) is 5.02 Å². The van der Waals surface area contributed by atoms with E-state index in [0.29, 0.717) is 27.7 Å². The summed E-state index contributed by atoms with van der Waals surface area (Å²) in [7, 11) is 0. The largest absolute Gasteiger partial charge is 0.389 e. The Bertz CT molecular complexity index is 593. The van der Waals surface area contributed by atoms with E-state index in [4.69, 9.17) is 11.6 Å². The third kappa shape index (κ3) is 2.13. The highest BCUT2D eigenvalue weighted by Crippen LogP contribution is 2.25. The fraction of sp³-hybridized carbons (Fsp3) is 0.308. The molecule has 0 fully saturated rings. The van der Waals surface area contributed by atoms with E-state index in [1.807, 2.05) is 0 Å². The van der Waals surface area contributed by atoms with Gasteiger partial charge in [0.05, 0.1) is 22.5 Å². The normalized spacial score (nSPS) is 12.8. The van der Waals surface area contributed by atoms with Crippen LogP contribution in [-0.4, -0.2) is 14.9 Å². The Balaban J connectivity index is 2.54. The van der Waals surface area contributed by atoms with Crippen LogP contribution in [0.25, 0.3) is 5.69 Å². The van der Waals surface area contributed by atoms with Crippen LogP contribution < -0.4 is 0 Å². The van der Waals surface area contributed by atoms with Gasteiger partial charge in [-0.1, -0.05) is 17.7 Å². The zero-order valence-electron chi connectivity index (χ0n) is 10.4. The lowest BCUT2D eigenvalue weighted by Gasteiger charge is -2.09. The number of hydrogen-bond donors (Lipinski definition) is 1. The van der Waals surface area contributed by atoms with E-state index in [1.165, 1.54) is 10.7 Å². The third-order valence-corrected chi connectivity index (χ3v) is 3.43. The van der Waals surface area contributed by atoms with Gasteiger partial charge in [0.25, 0.3) is 0 Å². The van der Waals surface area contributed by atoms with Gasteiger partial charge in [0.15, 0.2) is 0 Å². The molecule has 0 saturated carbocycles. The van der Waals surface area contributed by atoms with Gasteiger partial charge in [0, 0.05) is 0 Å². The molecule has 0 saturated heterocycles. The molecular weight excluding hydrogens is 255 g/mol. The van der Waals surface area contributed by atoms with Gasteiger partial charge >= 0.3 is 0 Å². The maximum absolute atomic E-state index is 14.0. The first kappa shape index (κ1) is 13.1. The maximum atomic E-state index is 14.0. The fourth-order valence-electron chi connectivity index (χ4n) is 1.81. The molecule has 1 aromatic carbocycles. The van der Waals surface area contributed by atoms with Crippen LogP contribution in [0.5, 0.6) is 0 Å². The number of aliphatic hydroxyl groups excluding tert-OH is 1. The Hall–Kier alpha value is -1.39. The minimum absolute atomic E-state index is 0.326. The van der Waals surface area contributed by atoms with Crippen molar-refractivity contribution in [2.24, 2.45) is 0 Å². The quantitative estimate of drug-likeness (QED) is 0.907. The molecule has 1 N–H and O–H groups in total.